The fourth-order valence-electron chi connectivity index (χ4n) is 2.83. The van der Waals surface area contributed by atoms with E-state index in [1.54, 1.807) is 0 Å². The van der Waals surface area contributed by atoms with Gasteiger partial charge in [0.05, 0.1) is 0 Å². The van der Waals surface area contributed by atoms with Crippen LogP contribution < -0.4 is 5.32 Å². The monoisotopic (exact) mass is 309 g/mol. The SMILES string of the molecule is OCC1(CNC2CCc3cc(Br)ccc3C2)CC1. The van der Waals surface area contributed by atoms with Gasteiger partial charge in [0.15, 0.2) is 0 Å². The van der Waals surface area contributed by atoms with Crippen molar-refractivity contribution in [1.29, 1.82) is 0 Å². The predicted octanol–water partition coefficient (Wildman–Crippen LogP) is 2.67. The van der Waals surface area contributed by atoms with Crippen LogP contribution in [0.1, 0.15) is 30.4 Å². The van der Waals surface area contributed by atoms with Crippen molar-refractivity contribution >= 4 is 15.9 Å². The molecule has 1 aromatic carbocycles. The molecule has 3 rings (SSSR count). The van der Waals surface area contributed by atoms with Crippen LogP contribution in [-0.4, -0.2) is 24.3 Å². The quantitative estimate of drug-likeness (QED) is 0.896. The first-order valence-electron chi connectivity index (χ1n) is 6.82. The van der Waals surface area contributed by atoms with Crippen molar-refractivity contribution in [3.63, 3.8) is 0 Å². The van der Waals surface area contributed by atoms with Gasteiger partial charge in [-0.25, -0.2) is 0 Å². The Kier molecular flexibility index (Phi) is 3.48. The van der Waals surface area contributed by atoms with E-state index in [1.807, 2.05) is 0 Å². The van der Waals surface area contributed by atoms with E-state index >= 15 is 0 Å². The van der Waals surface area contributed by atoms with Crippen LogP contribution in [0.4, 0.5) is 0 Å². The van der Waals surface area contributed by atoms with Crippen LogP contribution in [0.15, 0.2) is 22.7 Å². The Labute approximate surface area is 117 Å². The molecule has 0 radical (unpaired) electrons. The molecule has 1 unspecified atom stereocenters. The minimum atomic E-state index is 0.222. The number of aliphatic hydroxyl groups is 1. The third-order valence-electron chi connectivity index (χ3n) is 4.46. The van der Waals surface area contributed by atoms with Crippen molar-refractivity contribution in [1.82, 2.24) is 5.32 Å². The largest absolute Gasteiger partial charge is 0.396 e. The molecule has 98 valence electrons. The molecular weight excluding hydrogens is 290 g/mol. The van der Waals surface area contributed by atoms with E-state index in [4.69, 9.17) is 0 Å². The molecule has 2 nitrogen and oxygen atoms in total. The van der Waals surface area contributed by atoms with Crippen LogP contribution in [0, 0.1) is 5.41 Å². The number of aryl methyl sites for hydroxylation is 1. The van der Waals surface area contributed by atoms with Crippen LogP contribution in [0.3, 0.4) is 0 Å². The van der Waals surface area contributed by atoms with Gasteiger partial charge in [0.25, 0.3) is 0 Å². The molecule has 2 aliphatic rings. The lowest BCUT2D eigenvalue weighted by atomic mass is 9.88. The Bertz CT molecular complexity index is 442. The molecule has 0 heterocycles. The van der Waals surface area contributed by atoms with Crippen LogP contribution in [0.5, 0.6) is 0 Å². The van der Waals surface area contributed by atoms with E-state index in [0.717, 1.165) is 13.0 Å². The van der Waals surface area contributed by atoms with E-state index in [0.29, 0.717) is 12.6 Å². The Morgan fingerprint density at radius 1 is 1.33 bits per heavy atom. The predicted molar refractivity (Wildman–Crippen MR) is 76.7 cm³/mol. The van der Waals surface area contributed by atoms with E-state index in [1.165, 1.54) is 41.3 Å². The topological polar surface area (TPSA) is 32.3 Å². The molecule has 0 amide bonds. The van der Waals surface area contributed by atoms with Gasteiger partial charge in [0, 0.05) is 29.1 Å². The van der Waals surface area contributed by atoms with Gasteiger partial charge in [-0.15, -0.1) is 0 Å². The Morgan fingerprint density at radius 3 is 2.89 bits per heavy atom. The maximum atomic E-state index is 9.33. The van der Waals surface area contributed by atoms with E-state index in [2.05, 4.69) is 39.4 Å². The number of nitrogens with one attached hydrogen (secondary N) is 1. The smallest absolute Gasteiger partial charge is 0.0499 e. The first kappa shape index (κ1) is 12.6. The summed E-state index contributed by atoms with van der Waals surface area (Å²) in [6.45, 7) is 1.33. The first-order valence-corrected chi connectivity index (χ1v) is 7.62. The zero-order chi connectivity index (χ0) is 12.6. The zero-order valence-electron chi connectivity index (χ0n) is 10.6. The van der Waals surface area contributed by atoms with Gasteiger partial charge >= 0.3 is 0 Å². The van der Waals surface area contributed by atoms with Crippen molar-refractivity contribution in [2.75, 3.05) is 13.2 Å². The maximum Gasteiger partial charge on any atom is 0.0499 e. The summed E-state index contributed by atoms with van der Waals surface area (Å²) in [4.78, 5) is 0. The van der Waals surface area contributed by atoms with Crippen molar-refractivity contribution in [3.8, 4) is 0 Å². The minimum Gasteiger partial charge on any atom is -0.396 e. The van der Waals surface area contributed by atoms with Gasteiger partial charge in [-0.05, 0) is 55.4 Å². The van der Waals surface area contributed by atoms with E-state index in [-0.39, 0.29) is 5.41 Å². The van der Waals surface area contributed by atoms with Crippen molar-refractivity contribution in [3.05, 3.63) is 33.8 Å². The second-order valence-corrected chi connectivity index (χ2v) is 6.81. The summed E-state index contributed by atoms with van der Waals surface area (Å²) in [5.41, 5.74) is 3.20. The molecule has 0 aliphatic heterocycles. The summed E-state index contributed by atoms with van der Waals surface area (Å²) < 4.78 is 1.19. The highest BCUT2D eigenvalue weighted by molar-refractivity contribution is 9.10. The normalized spacial score (nSPS) is 24.7. The number of aliphatic hydroxyl groups excluding tert-OH is 1. The zero-order valence-corrected chi connectivity index (χ0v) is 12.2. The lowest BCUT2D eigenvalue weighted by Crippen LogP contribution is -2.39. The number of hydrogen-bond donors (Lipinski definition) is 2. The number of rotatable bonds is 4. The minimum absolute atomic E-state index is 0.222. The summed E-state index contributed by atoms with van der Waals surface area (Å²) in [6, 6.07) is 7.22. The summed E-state index contributed by atoms with van der Waals surface area (Å²) in [5.74, 6) is 0. The molecule has 1 aromatic rings. The van der Waals surface area contributed by atoms with Gasteiger partial charge in [-0.2, -0.15) is 0 Å². The molecular formula is C15H20BrNO. The second-order valence-electron chi connectivity index (χ2n) is 5.89. The van der Waals surface area contributed by atoms with Crippen LogP contribution >= 0.6 is 15.9 Å². The number of hydrogen-bond acceptors (Lipinski definition) is 2. The third-order valence-corrected chi connectivity index (χ3v) is 4.95. The average Bonchev–Trinajstić information content (AvgIpc) is 3.17. The second kappa shape index (κ2) is 4.95. The van der Waals surface area contributed by atoms with Crippen molar-refractivity contribution < 1.29 is 5.11 Å². The lowest BCUT2D eigenvalue weighted by molar-refractivity contribution is 0.202. The van der Waals surface area contributed by atoms with E-state index in [9.17, 15) is 5.11 Å². The van der Waals surface area contributed by atoms with E-state index < -0.39 is 0 Å². The molecule has 1 atom stereocenters. The maximum absolute atomic E-state index is 9.33. The summed E-state index contributed by atoms with van der Waals surface area (Å²) in [7, 11) is 0. The molecule has 0 saturated heterocycles. The average molecular weight is 310 g/mol. The molecule has 0 bridgehead atoms. The van der Waals surface area contributed by atoms with Crippen LogP contribution in [0.25, 0.3) is 0 Å². The van der Waals surface area contributed by atoms with Gasteiger partial charge < -0.3 is 10.4 Å². The third kappa shape index (κ3) is 2.63. The highest BCUT2D eigenvalue weighted by Gasteiger charge is 2.42. The van der Waals surface area contributed by atoms with Gasteiger partial charge in [-0.3, -0.25) is 0 Å². The number of benzene rings is 1. The Hall–Kier alpha value is -0.380. The van der Waals surface area contributed by atoms with Crippen molar-refractivity contribution in [2.45, 2.75) is 38.1 Å². The van der Waals surface area contributed by atoms with Gasteiger partial charge in [-0.1, -0.05) is 22.0 Å². The molecule has 1 fully saturated rings. The summed E-state index contributed by atoms with van der Waals surface area (Å²) >= 11 is 3.54. The molecule has 0 spiro atoms. The summed E-state index contributed by atoms with van der Waals surface area (Å²) in [6.07, 6.45) is 5.88. The number of fused-ring (bicyclic) bond motifs is 1. The van der Waals surface area contributed by atoms with Crippen molar-refractivity contribution in [2.24, 2.45) is 5.41 Å². The Balaban J connectivity index is 1.59. The molecule has 0 aromatic heterocycles. The van der Waals surface area contributed by atoms with Gasteiger partial charge in [0.1, 0.15) is 0 Å². The molecule has 18 heavy (non-hydrogen) atoms. The number of halogens is 1. The fourth-order valence-corrected chi connectivity index (χ4v) is 3.23. The highest BCUT2D eigenvalue weighted by Crippen LogP contribution is 2.44. The molecule has 2 N–H and O–H groups in total. The molecule has 3 heteroatoms. The highest BCUT2D eigenvalue weighted by atomic mass is 79.9. The Morgan fingerprint density at radius 2 is 2.17 bits per heavy atom. The fraction of sp³-hybridized carbons (Fsp3) is 0.600. The van der Waals surface area contributed by atoms with Crippen LogP contribution in [-0.2, 0) is 12.8 Å². The first-order chi connectivity index (χ1) is 8.71. The molecule has 1 saturated carbocycles. The summed E-state index contributed by atoms with van der Waals surface area (Å²) in [5, 5.41) is 13.0. The standard InChI is InChI=1S/C15H20BrNO/c16-13-3-1-12-8-14(4-2-11(12)7-13)17-9-15(10-18)5-6-15/h1,3,7,14,17-18H,2,4-6,8-10H2. The lowest BCUT2D eigenvalue weighted by Gasteiger charge is -2.27. The van der Waals surface area contributed by atoms with Crippen LogP contribution in [0.2, 0.25) is 0 Å². The molecule has 2 aliphatic carbocycles. The van der Waals surface area contributed by atoms with Gasteiger partial charge in [0.2, 0.25) is 0 Å².